The fourth-order valence-corrected chi connectivity index (χ4v) is 6.84. The molecule has 0 bridgehead atoms. The standard InChI is InChI=1S/C56H94O6/c1-4-7-10-13-16-19-22-25-26-27-28-29-30-32-34-37-40-43-46-49-55(58)61-52-53(51-60-54(57)48-45-42-39-36-33-24-21-18-15-12-9-6-3)62-56(59)50-47-44-41-38-35-31-23-20-17-14-11-8-5-2/h7,9-10,12,16,18-19,21,25-26,31,35,41,44,53H,4-6,8,11,13-15,17,20,22-24,27-30,32-34,36-40,42-43,45-52H2,1-3H3/b10-7-,12-9-,19-16-,21-18-,26-25-,35-31-,44-41-. The van der Waals surface area contributed by atoms with Crippen LogP contribution in [0, 0.1) is 0 Å². The molecular formula is C56H94O6. The van der Waals surface area contributed by atoms with Crippen molar-refractivity contribution in [3.05, 3.63) is 85.1 Å². The number of unbranched alkanes of at least 4 members (excludes halogenated alkanes) is 20. The van der Waals surface area contributed by atoms with E-state index in [0.29, 0.717) is 19.3 Å². The Morgan fingerprint density at radius 3 is 1.05 bits per heavy atom. The minimum atomic E-state index is -0.814. The predicted octanol–water partition coefficient (Wildman–Crippen LogP) is 16.8. The topological polar surface area (TPSA) is 78.9 Å². The normalized spacial score (nSPS) is 12.8. The second-order valence-corrected chi connectivity index (χ2v) is 16.7. The van der Waals surface area contributed by atoms with Gasteiger partial charge in [0.15, 0.2) is 6.10 Å². The highest BCUT2D eigenvalue weighted by atomic mass is 16.6. The van der Waals surface area contributed by atoms with Crippen LogP contribution in [0.3, 0.4) is 0 Å². The molecule has 0 amide bonds. The van der Waals surface area contributed by atoms with Crippen LogP contribution < -0.4 is 0 Å². The Labute approximate surface area is 382 Å². The summed E-state index contributed by atoms with van der Waals surface area (Å²) < 4.78 is 16.7. The Balaban J connectivity index is 4.42. The van der Waals surface area contributed by atoms with Gasteiger partial charge in [0.1, 0.15) is 13.2 Å². The van der Waals surface area contributed by atoms with Gasteiger partial charge in [-0.05, 0) is 96.3 Å². The fraction of sp³-hybridized carbons (Fsp3) is 0.696. The van der Waals surface area contributed by atoms with Gasteiger partial charge in [-0.3, -0.25) is 14.4 Å². The molecule has 6 nitrogen and oxygen atoms in total. The molecule has 0 N–H and O–H groups in total. The van der Waals surface area contributed by atoms with Gasteiger partial charge in [0, 0.05) is 19.3 Å². The molecule has 0 rings (SSSR count). The van der Waals surface area contributed by atoms with E-state index in [2.05, 4.69) is 99.8 Å². The third kappa shape index (κ3) is 47.6. The third-order valence-electron chi connectivity index (χ3n) is 10.6. The monoisotopic (exact) mass is 863 g/mol. The molecule has 6 heteroatoms. The zero-order chi connectivity index (χ0) is 45.1. The average molecular weight is 863 g/mol. The van der Waals surface area contributed by atoms with Crippen molar-refractivity contribution < 1.29 is 28.6 Å². The van der Waals surface area contributed by atoms with Crippen LogP contribution in [0.2, 0.25) is 0 Å². The SMILES string of the molecule is CC/C=C\C/C=C\C/C=C\CCCCCCCCCCCC(=O)OCC(COC(=O)CCCCCCC/C=C\C/C=C\CC)OC(=O)CC/C=C\C/C=C\CCCCCCCC. The lowest BCUT2D eigenvalue weighted by molar-refractivity contribution is -0.166. The van der Waals surface area contributed by atoms with Crippen molar-refractivity contribution in [2.45, 2.75) is 239 Å². The summed E-state index contributed by atoms with van der Waals surface area (Å²) in [5, 5.41) is 0. The first-order valence-corrected chi connectivity index (χ1v) is 25.6. The summed E-state index contributed by atoms with van der Waals surface area (Å²) in [5.41, 5.74) is 0. The Morgan fingerprint density at radius 2 is 0.661 bits per heavy atom. The summed E-state index contributed by atoms with van der Waals surface area (Å²) in [7, 11) is 0. The fourth-order valence-electron chi connectivity index (χ4n) is 6.84. The highest BCUT2D eigenvalue weighted by Crippen LogP contribution is 2.14. The van der Waals surface area contributed by atoms with Crippen molar-refractivity contribution in [2.75, 3.05) is 13.2 Å². The number of carbonyl (C=O) groups is 3. The smallest absolute Gasteiger partial charge is 0.306 e. The van der Waals surface area contributed by atoms with Gasteiger partial charge >= 0.3 is 17.9 Å². The quantitative estimate of drug-likeness (QED) is 0.0263. The van der Waals surface area contributed by atoms with E-state index in [4.69, 9.17) is 14.2 Å². The molecule has 62 heavy (non-hydrogen) atoms. The molecule has 0 aliphatic heterocycles. The zero-order valence-electron chi connectivity index (χ0n) is 40.4. The average Bonchev–Trinajstić information content (AvgIpc) is 3.27. The molecule has 0 aliphatic rings. The maximum atomic E-state index is 12.7. The minimum Gasteiger partial charge on any atom is -0.462 e. The zero-order valence-corrected chi connectivity index (χ0v) is 40.4. The predicted molar refractivity (Wildman–Crippen MR) is 265 cm³/mol. The molecular weight excluding hydrogens is 769 g/mol. The third-order valence-corrected chi connectivity index (χ3v) is 10.6. The van der Waals surface area contributed by atoms with E-state index in [1.807, 2.05) is 6.08 Å². The van der Waals surface area contributed by atoms with Crippen molar-refractivity contribution in [2.24, 2.45) is 0 Å². The summed E-state index contributed by atoms with van der Waals surface area (Å²) in [4.78, 5) is 37.9. The Hall–Kier alpha value is -3.41. The molecule has 0 heterocycles. The molecule has 0 aromatic carbocycles. The van der Waals surface area contributed by atoms with Crippen LogP contribution in [-0.4, -0.2) is 37.2 Å². The lowest BCUT2D eigenvalue weighted by Crippen LogP contribution is -2.30. The van der Waals surface area contributed by atoms with E-state index in [1.165, 1.54) is 83.5 Å². The van der Waals surface area contributed by atoms with Gasteiger partial charge in [-0.15, -0.1) is 0 Å². The number of allylic oxidation sites excluding steroid dienone is 14. The van der Waals surface area contributed by atoms with Gasteiger partial charge in [0.2, 0.25) is 0 Å². The maximum Gasteiger partial charge on any atom is 0.306 e. The van der Waals surface area contributed by atoms with Gasteiger partial charge in [-0.25, -0.2) is 0 Å². The second kappa shape index (κ2) is 50.2. The summed E-state index contributed by atoms with van der Waals surface area (Å²) in [6.45, 7) is 6.34. The summed E-state index contributed by atoms with van der Waals surface area (Å²) in [6.07, 6.45) is 64.4. The van der Waals surface area contributed by atoms with Crippen LogP contribution in [0.1, 0.15) is 233 Å². The Morgan fingerprint density at radius 1 is 0.339 bits per heavy atom. The number of esters is 3. The summed E-state index contributed by atoms with van der Waals surface area (Å²) >= 11 is 0. The first-order valence-electron chi connectivity index (χ1n) is 25.6. The van der Waals surface area contributed by atoms with Crippen LogP contribution in [-0.2, 0) is 28.6 Å². The second-order valence-electron chi connectivity index (χ2n) is 16.7. The van der Waals surface area contributed by atoms with Crippen LogP contribution >= 0.6 is 0 Å². The van der Waals surface area contributed by atoms with Crippen LogP contribution in [0.5, 0.6) is 0 Å². The molecule has 0 aromatic rings. The maximum absolute atomic E-state index is 12.7. The van der Waals surface area contributed by atoms with E-state index in [0.717, 1.165) is 103 Å². The highest BCUT2D eigenvalue weighted by molar-refractivity contribution is 5.71. The van der Waals surface area contributed by atoms with Crippen molar-refractivity contribution in [3.63, 3.8) is 0 Å². The number of carbonyl (C=O) groups excluding carboxylic acids is 3. The molecule has 1 atom stereocenters. The summed E-state index contributed by atoms with van der Waals surface area (Å²) in [6, 6.07) is 0. The van der Waals surface area contributed by atoms with Crippen molar-refractivity contribution >= 4 is 17.9 Å². The number of ether oxygens (including phenoxy) is 3. The highest BCUT2D eigenvalue weighted by Gasteiger charge is 2.19. The first kappa shape index (κ1) is 58.6. The lowest BCUT2D eigenvalue weighted by Gasteiger charge is -2.18. The largest absolute Gasteiger partial charge is 0.462 e. The lowest BCUT2D eigenvalue weighted by atomic mass is 10.1. The van der Waals surface area contributed by atoms with E-state index in [1.54, 1.807) is 0 Å². The Kier molecular flexibility index (Phi) is 47.5. The molecule has 1 unspecified atom stereocenters. The van der Waals surface area contributed by atoms with E-state index in [9.17, 15) is 14.4 Å². The van der Waals surface area contributed by atoms with E-state index >= 15 is 0 Å². The van der Waals surface area contributed by atoms with Gasteiger partial charge in [0.25, 0.3) is 0 Å². The van der Waals surface area contributed by atoms with Crippen molar-refractivity contribution in [1.29, 1.82) is 0 Å². The molecule has 0 saturated heterocycles. The molecule has 0 aliphatic carbocycles. The van der Waals surface area contributed by atoms with Crippen molar-refractivity contribution in [3.8, 4) is 0 Å². The number of hydrogen-bond acceptors (Lipinski definition) is 6. The molecule has 0 radical (unpaired) electrons. The number of hydrogen-bond donors (Lipinski definition) is 0. The minimum absolute atomic E-state index is 0.107. The van der Waals surface area contributed by atoms with Crippen LogP contribution in [0.15, 0.2) is 85.1 Å². The van der Waals surface area contributed by atoms with Crippen LogP contribution in [0.25, 0.3) is 0 Å². The van der Waals surface area contributed by atoms with Gasteiger partial charge in [-0.1, -0.05) is 202 Å². The molecule has 354 valence electrons. The van der Waals surface area contributed by atoms with E-state index in [-0.39, 0.29) is 37.5 Å². The molecule has 0 saturated carbocycles. The van der Waals surface area contributed by atoms with Gasteiger partial charge in [0.05, 0.1) is 0 Å². The van der Waals surface area contributed by atoms with Crippen molar-refractivity contribution in [1.82, 2.24) is 0 Å². The van der Waals surface area contributed by atoms with Crippen LogP contribution in [0.4, 0.5) is 0 Å². The molecule has 0 aromatic heterocycles. The first-order chi connectivity index (χ1) is 30.5. The summed E-state index contributed by atoms with van der Waals surface area (Å²) in [5.74, 6) is -0.998. The van der Waals surface area contributed by atoms with Gasteiger partial charge < -0.3 is 14.2 Å². The molecule has 0 fully saturated rings. The Bertz CT molecular complexity index is 1220. The molecule has 0 spiro atoms. The number of rotatable bonds is 45. The van der Waals surface area contributed by atoms with Gasteiger partial charge in [-0.2, -0.15) is 0 Å². The van der Waals surface area contributed by atoms with E-state index < -0.39 is 6.10 Å².